The molecule has 176 valence electrons. The van der Waals surface area contributed by atoms with Crippen molar-refractivity contribution in [2.75, 3.05) is 19.1 Å². The number of hydrogen-bond acceptors (Lipinski definition) is 5. The highest BCUT2D eigenvalue weighted by Crippen LogP contribution is 2.42. The Morgan fingerprint density at radius 3 is 2.47 bits per heavy atom. The molecule has 4 rings (SSSR count). The van der Waals surface area contributed by atoms with E-state index in [-0.39, 0.29) is 23.5 Å². The highest BCUT2D eigenvalue weighted by Gasteiger charge is 2.49. The summed E-state index contributed by atoms with van der Waals surface area (Å²) in [5.41, 5.74) is 1.07. The van der Waals surface area contributed by atoms with Crippen molar-refractivity contribution in [3.63, 3.8) is 0 Å². The number of rotatable bonds is 6. The molecule has 2 amide bonds. The number of anilines is 1. The average Bonchev–Trinajstić information content (AvgIpc) is 3.16. The Morgan fingerprint density at radius 2 is 1.82 bits per heavy atom. The molecule has 0 aliphatic carbocycles. The van der Waals surface area contributed by atoms with Gasteiger partial charge in [0.15, 0.2) is 0 Å². The maximum Gasteiger partial charge on any atom is 0.415 e. The van der Waals surface area contributed by atoms with Gasteiger partial charge in [-0.1, -0.05) is 18.2 Å². The van der Waals surface area contributed by atoms with Crippen LogP contribution in [0.5, 0.6) is 11.5 Å². The summed E-state index contributed by atoms with van der Waals surface area (Å²) < 4.78 is 37.8. The van der Waals surface area contributed by atoms with Crippen LogP contribution >= 0.6 is 0 Å². The van der Waals surface area contributed by atoms with Crippen LogP contribution in [0.3, 0.4) is 0 Å². The number of ether oxygens (including phenoxy) is 2. The second-order valence-corrected chi connectivity index (χ2v) is 7.84. The fourth-order valence-electron chi connectivity index (χ4n) is 3.92. The number of amides is 2. The Kier molecular flexibility index (Phi) is 6.36. The lowest BCUT2D eigenvalue weighted by Gasteiger charge is -2.27. The quantitative estimate of drug-likeness (QED) is 0.580. The number of hydrogen-bond donors (Lipinski definition) is 1. The second kappa shape index (κ2) is 9.38. The molecular weight excluding hydrogens is 446 g/mol. The minimum absolute atomic E-state index is 0.133. The SMILES string of the molecule is COc1ccc([C@@H]2[C@@H](C(=O)N(C)Cc3ccc(F)cc3)OC(=O)N2c2cccc(F)c2)c(O)c1. The summed E-state index contributed by atoms with van der Waals surface area (Å²) in [5.74, 6) is -1.37. The third-order valence-corrected chi connectivity index (χ3v) is 5.58. The predicted molar refractivity (Wildman–Crippen MR) is 119 cm³/mol. The Balaban J connectivity index is 1.72. The van der Waals surface area contributed by atoms with Crippen LogP contribution in [0.1, 0.15) is 17.2 Å². The number of phenolic OH excluding ortho intramolecular Hbond substituents is 1. The topological polar surface area (TPSA) is 79.3 Å². The molecule has 0 bridgehead atoms. The van der Waals surface area contributed by atoms with Crippen molar-refractivity contribution in [3.05, 3.63) is 89.5 Å². The molecule has 0 radical (unpaired) electrons. The van der Waals surface area contributed by atoms with Crippen molar-refractivity contribution >= 4 is 17.7 Å². The van der Waals surface area contributed by atoms with Gasteiger partial charge in [-0.25, -0.2) is 13.6 Å². The average molecular weight is 468 g/mol. The number of halogens is 2. The highest BCUT2D eigenvalue weighted by atomic mass is 19.1. The number of aromatic hydroxyl groups is 1. The Labute approximate surface area is 194 Å². The number of carbonyl (C=O) groups is 2. The molecule has 3 aromatic rings. The molecule has 1 fully saturated rings. The Hall–Kier alpha value is -4.14. The number of carbonyl (C=O) groups excluding carboxylic acids is 2. The van der Waals surface area contributed by atoms with E-state index in [1.807, 2.05) is 0 Å². The summed E-state index contributed by atoms with van der Waals surface area (Å²) in [6.45, 7) is 0.133. The molecule has 3 aromatic carbocycles. The summed E-state index contributed by atoms with van der Waals surface area (Å²) in [4.78, 5) is 28.8. The molecule has 0 aromatic heterocycles. The van der Waals surface area contributed by atoms with Crippen LogP contribution < -0.4 is 9.64 Å². The van der Waals surface area contributed by atoms with Gasteiger partial charge in [-0.2, -0.15) is 0 Å². The van der Waals surface area contributed by atoms with Crippen LogP contribution in [0.2, 0.25) is 0 Å². The fourth-order valence-corrected chi connectivity index (χ4v) is 3.92. The maximum absolute atomic E-state index is 14.0. The number of phenols is 1. The number of cyclic esters (lactones) is 1. The van der Waals surface area contributed by atoms with E-state index in [1.165, 1.54) is 61.5 Å². The summed E-state index contributed by atoms with van der Waals surface area (Å²) in [6.07, 6.45) is -2.19. The van der Waals surface area contributed by atoms with Gasteiger partial charge in [0.05, 0.1) is 12.8 Å². The summed E-state index contributed by atoms with van der Waals surface area (Å²) in [7, 11) is 2.96. The van der Waals surface area contributed by atoms with E-state index < -0.39 is 35.8 Å². The second-order valence-electron chi connectivity index (χ2n) is 7.84. The standard InChI is InChI=1S/C25H22F2N2O5/c1-28(14-15-6-8-16(26)9-7-15)24(31)23-22(20-11-10-19(33-2)13-21(20)30)29(25(32)34-23)18-5-3-4-17(27)12-18/h3-13,22-23,30H,14H2,1-2H3/t22-,23+/m1/s1. The zero-order chi connectivity index (χ0) is 24.4. The van der Waals surface area contributed by atoms with Gasteiger partial charge in [0, 0.05) is 25.2 Å². The monoisotopic (exact) mass is 468 g/mol. The molecule has 1 heterocycles. The van der Waals surface area contributed by atoms with Gasteiger partial charge in [-0.15, -0.1) is 0 Å². The lowest BCUT2D eigenvalue weighted by atomic mass is 9.97. The van der Waals surface area contributed by atoms with Crippen LogP contribution in [-0.2, 0) is 16.1 Å². The van der Waals surface area contributed by atoms with E-state index in [1.54, 1.807) is 18.2 Å². The lowest BCUT2D eigenvalue weighted by molar-refractivity contribution is -0.138. The van der Waals surface area contributed by atoms with E-state index in [2.05, 4.69) is 0 Å². The van der Waals surface area contributed by atoms with Gasteiger partial charge in [0.25, 0.3) is 5.91 Å². The first-order chi connectivity index (χ1) is 16.3. The Bertz CT molecular complexity index is 1220. The minimum atomic E-state index is -1.33. The number of benzene rings is 3. The highest BCUT2D eigenvalue weighted by molar-refractivity contribution is 5.97. The first-order valence-corrected chi connectivity index (χ1v) is 10.4. The van der Waals surface area contributed by atoms with Crippen LogP contribution in [0.15, 0.2) is 66.7 Å². The minimum Gasteiger partial charge on any atom is -0.507 e. The van der Waals surface area contributed by atoms with Crippen LogP contribution in [-0.4, -0.2) is 42.3 Å². The van der Waals surface area contributed by atoms with Gasteiger partial charge in [0.1, 0.15) is 29.2 Å². The van der Waals surface area contributed by atoms with Crippen molar-refractivity contribution in [1.29, 1.82) is 0 Å². The first kappa shape index (κ1) is 23.0. The summed E-state index contributed by atoms with van der Waals surface area (Å²) in [5, 5.41) is 10.7. The molecule has 1 saturated heterocycles. The van der Waals surface area contributed by atoms with Crippen molar-refractivity contribution in [1.82, 2.24) is 4.90 Å². The predicted octanol–water partition coefficient (Wildman–Crippen LogP) is 4.40. The molecule has 7 nitrogen and oxygen atoms in total. The third-order valence-electron chi connectivity index (χ3n) is 5.58. The van der Waals surface area contributed by atoms with E-state index in [4.69, 9.17) is 9.47 Å². The zero-order valence-electron chi connectivity index (χ0n) is 18.4. The molecular formula is C25H22F2N2O5. The largest absolute Gasteiger partial charge is 0.507 e. The number of methoxy groups -OCH3 is 1. The van der Waals surface area contributed by atoms with Crippen molar-refractivity contribution < 1.29 is 33.0 Å². The molecule has 9 heteroatoms. The van der Waals surface area contributed by atoms with Gasteiger partial charge in [-0.3, -0.25) is 9.69 Å². The van der Waals surface area contributed by atoms with Crippen LogP contribution in [0.25, 0.3) is 0 Å². The van der Waals surface area contributed by atoms with Gasteiger partial charge >= 0.3 is 6.09 Å². The summed E-state index contributed by atoms with van der Waals surface area (Å²) >= 11 is 0. The van der Waals surface area contributed by atoms with Gasteiger partial charge < -0.3 is 19.5 Å². The third kappa shape index (κ3) is 4.50. The van der Waals surface area contributed by atoms with E-state index in [0.717, 1.165) is 11.0 Å². The number of nitrogens with zero attached hydrogens (tertiary/aromatic N) is 2. The van der Waals surface area contributed by atoms with E-state index >= 15 is 0 Å². The first-order valence-electron chi connectivity index (χ1n) is 10.4. The van der Waals surface area contributed by atoms with E-state index in [9.17, 15) is 23.5 Å². The van der Waals surface area contributed by atoms with Gasteiger partial charge in [0.2, 0.25) is 6.10 Å². The summed E-state index contributed by atoms with van der Waals surface area (Å²) in [6, 6.07) is 14.3. The number of likely N-dealkylation sites (N-methyl/N-ethyl adjacent to an activating group) is 1. The molecule has 0 unspecified atom stereocenters. The fraction of sp³-hybridized carbons (Fsp3) is 0.200. The zero-order valence-corrected chi connectivity index (χ0v) is 18.4. The lowest BCUT2D eigenvalue weighted by Crippen LogP contribution is -2.40. The normalized spacial score (nSPS) is 17.4. The molecule has 1 aliphatic heterocycles. The van der Waals surface area contributed by atoms with Crippen molar-refractivity contribution in [2.24, 2.45) is 0 Å². The maximum atomic E-state index is 14.0. The Morgan fingerprint density at radius 1 is 1.09 bits per heavy atom. The van der Waals surface area contributed by atoms with E-state index in [0.29, 0.717) is 11.3 Å². The van der Waals surface area contributed by atoms with Crippen LogP contribution in [0.4, 0.5) is 19.3 Å². The smallest absolute Gasteiger partial charge is 0.415 e. The van der Waals surface area contributed by atoms with Crippen molar-refractivity contribution in [2.45, 2.75) is 18.7 Å². The van der Waals surface area contributed by atoms with Crippen molar-refractivity contribution in [3.8, 4) is 11.5 Å². The van der Waals surface area contributed by atoms with Gasteiger partial charge in [-0.05, 0) is 48.0 Å². The molecule has 2 atom stereocenters. The van der Waals surface area contributed by atoms with Crippen LogP contribution in [0, 0.1) is 11.6 Å². The molecule has 1 N–H and O–H groups in total. The molecule has 1 aliphatic rings. The molecule has 0 saturated carbocycles. The molecule has 34 heavy (non-hydrogen) atoms. The molecule has 0 spiro atoms.